The molecule has 1 fully saturated rings. The fourth-order valence-corrected chi connectivity index (χ4v) is 4.41. The van der Waals surface area contributed by atoms with Crippen LogP contribution in [0.25, 0.3) is 0 Å². The molecule has 1 amide bonds. The van der Waals surface area contributed by atoms with Crippen molar-refractivity contribution in [3.8, 4) is 0 Å². The van der Waals surface area contributed by atoms with Gasteiger partial charge in [-0.2, -0.15) is 9.40 Å². The Bertz CT molecular complexity index is 951. The molecule has 1 aromatic carbocycles. The Hall–Kier alpha value is -2.26. The minimum Gasteiger partial charge on any atom is -0.345 e. The molecule has 0 aliphatic carbocycles. The molecule has 26 heavy (non-hydrogen) atoms. The number of benzene rings is 1. The summed E-state index contributed by atoms with van der Waals surface area (Å²) in [5, 5.41) is 6.94. The van der Waals surface area contributed by atoms with Crippen LogP contribution in [0.4, 0.5) is 4.39 Å². The number of carbonyl (C=O) groups is 1. The summed E-state index contributed by atoms with van der Waals surface area (Å²) < 4.78 is 41.9. The van der Waals surface area contributed by atoms with E-state index in [-0.39, 0.29) is 11.6 Å². The molecule has 9 heteroatoms. The van der Waals surface area contributed by atoms with E-state index in [1.54, 1.807) is 17.9 Å². The predicted octanol–water partition coefficient (Wildman–Crippen LogP) is 1.75. The van der Waals surface area contributed by atoms with Gasteiger partial charge in [0.2, 0.25) is 10.0 Å². The number of sulfonamides is 1. The van der Waals surface area contributed by atoms with Crippen molar-refractivity contribution in [3.63, 3.8) is 0 Å². The van der Waals surface area contributed by atoms with Crippen LogP contribution in [0.15, 0.2) is 29.3 Å². The number of carbonyl (C=O) groups excluding carboxylic acids is 1. The molecule has 3 rings (SSSR count). The van der Waals surface area contributed by atoms with E-state index < -0.39 is 26.6 Å². The summed E-state index contributed by atoms with van der Waals surface area (Å²) in [7, 11) is -2.10. The fourth-order valence-electron chi connectivity index (χ4n) is 2.81. The van der Waals surface area contributed by atoms with Crippen LogP contribution in [0.5, 0.6) is 0 Å². The van der Waals surface area contributed by atoms with Gasteiger partial charge in [-0.15, -0.1) is 0 Å². The van der Waals surface area contributed by atoms with E-state index in [9.17, 15) is 17.6 Å². The number of halogens is 1. The third kappa shape index (κ3) is 3.24. The van der Waals surface area contributed by atoms with Crippen molar-refractivity contribution in [3.05, 3.63) is 47.0 Å². The monoisotopic (exact) mass is 380 g/mol. The number of nitrogens with one attached hydrogen (secondary N) is 1. The van der Waals surface area contributed by atoms with Crippen LogP contribution in [0.2, 0.25) is 0 Å². The summed E-state index contributed by atoms with van der Waals surface area (Å²) in [5.74, 6) is -1.33. The molecule has 1 N–H and O–H groups in total. The lowest BCUT2D eigenvalue weighted by Crippen LogP contribution is -2.42. The highest BCUT2D eigenvalue weighted by molar-refractivity contribution is 7.89. The lowest BCUT2D eigenvalue weighted by atomic mass is 10.1. The summed E-state index contributed by atoms with van der Waals surface area (Å²) in [4.78, 5) is 12.1. The standard InChI is InChI=1S/C17H21FN4O3S/c1-11(14-10-19-21(3)12(14)2)20-17(23)13-5-6-15(18)16(9-13)26(24,25)22-7-4-8-22/h5-6,9-11H,4,7-8H2,1-3H3,(H,20,23)/t11-/m0/s1. The van der Waals surface area contributed by atoms with Gasteiger partial charge in [-0.05, 0) is 38.5 Å². The van der Waals surface area contributed by atoms with Crippen molar-refractivity contribution in [1.82, 2.24) is 19.4 Å². The van der Waals surface area contributed by atoms with Gasteiger partial charge in [0, 0.05) is 37.0 Å². The summed E-state index contributed by atoms with van der Waals surface area (Å²) in [6, 6.07) is 3.07. The van der Waals surface area contributed by atoms with Gasteiger partial charge >= 0.3 is 0 Å². The maximum atomic E-state index is 14.1. The van der Waals surface area contributed by atoms with Crippen molar-refractivity contribution in [2.45, 2.75) is 31.2 Å². The third-order valence-electron chi connectivity index (χ3n) is 4.71. The van der Waals surface area contributed by atoms with Gasteiger partial charge in [-0.25, -0.2) is 12.8 Å². The first-order valence-corrected chi connectivity index (χ1v) is 9.75. The highest BCUT2D eigenvalue weighted by atomic mass is 32.2. The molecule has 1 aliphatic rings. The van der Waals surface area contributed by atoms with Crippen LogP contribution in [-0.4, -0.2) is 41.5 Å². The third-order valence-corrected chi connectivity index (χ3v) is 6.63. The number of hydrogen-bond donors (Lipinski definition) is 1. The summed E-state index contributed by atoms with van der Waals surface area (Å²) in [6.45, 7) is 4.44. The lowest BCUT2D eigenvalue weighted by Gasteiger charge is -2.29. The zero-order chi connectivity index (χ0) is 19.1. The van der Waals surface area contributed by atoms with E-state index in [0.29, 0.717) is 13.1 Å². The average molecular weight is 380 g/mol. The van der Waals surface area contributed by atoms with E-state index in [1.165, 1.54) is 10.4 Å². The number of aryl methyl sites for hydroxylation is 1. The number of amides is 1. The molecule has 2 aromatic rings. The van der Waals surface area contributed by atoms with Crippen LogP contribution < -0.4 is 5.32 Å². The first-order chi connectivity index (χ1) is 12.2. The second-order valence-corrected chi connectivity index (χ2v) is 8.31. The largest absolute Gasteiger partial charge is 0.345 e. The molecular weight excluding hydrogens is 359 g/mol. The van der Waals surface area contributed by atoms with Gasteiger partial charge in [-0.3, -0.25) is 9.48 Å². The van der Waals surface area contributed by atoms with Crippen molar-refractivity contribution in [2.24, 2.45) is 7.05 Å². The maximum Gasteiger partial charge on any atom is 0.251 e. The van der Waals surface area contributed by atoms with Gasteiger partial charge in [0.05, 0.1) is 12.2 Å². The Labute approximate surface area is 151 Å². The topological polar surface area (TPSA) is 84.3 Å². The minimum absolute atomic E-state index is 0.0962. The molecular formula is C17H21FN4O3S. The quantitative estimate of drug-likeness (QED) is 0.857. The average Bonchev–Trinajstić information content (AvgIpc) is 2.85. The molecule has 1 atom stereocenters. The zero-order valence-corrected chi connectivity index (χ0v) is 15.7. The Kier molecular flexibility index (Phi) is 4.85. The SMILES string of the molecule is Cc1c([C@H](C)NC(=O)c2ccc(F)c(S(=O)(=O)N3CCC3)c2)cnn1C. The normalized spacial score (nSPS) is 16.2. The van der Waals surface area contributed by atoms with Crippen molar-refractivity contribution in [2.75, 3.05) is 13.1 Å². The van der Waals surface area contributed by atoms with E-state index in [0.717, 1.165) is 29.8 Å². The van der Waals surface area contributed by atoms with Gasteiger partial charge < -0.3 is 5.32 Å². The van der Waals surface area contributed by atoms with E-state index in [1.807, 2.05) is 13.8 Å². The molecule has 0 saturated carbocycles. The highest BCUT2D eigenvalue weighted by Gasteiger charge is 2.32. The Morgan fingerprint density at radius 1 is 1.35 bits per heavy atom. The molecule has 0 spiro atoms. The van der Waals surface area contributed by atoms with Gasteiger partial charge in [0.1, 0.15) is 10.7 Å². The van der Waals surface area contributed by atoms with Crippen LogP contribution in [0.1, 0.15) is 41.0 Å². The highest BCUT2D eigenvalue weighted by Crippen LogP contribution is 2.25. The smallest absolute Gasteiger partial charge is 0.251 e. The van der Waals surface area contributed by atoms with Crippen LogP contribution in [-0.2, 0) is 17.1 Å². The van der Waals surface area contributed by atoms with Crippen molar-refractivity contribution < 1.29 is 17.6 Å². The van der Waals surface area contributed by atoms with E-state index in [2.05, 4.69) is 10.4 Å². The van der Waals surface area contributed by atoms with Gasteiger partial charge in [0.25, 0.3) is 5.91 Å². The van der Waals surface area contributed by atoms with E-state index >= 15 is 0 Å². The molecule has 1 aliphatic heterocycles. The number of rotatable bonds is 5. The Morgan fingerprint density at radius 3 is 2.58 bits per heavy atom. The summed E-state index contributed by atoms with van der Waals surface area (Å²) in [5.41, 5.74) is 1.87. The number of nitrogens with zero attached hydrogens (tertiary/aromatic N) is 3. The Balaban J connectivity index is 1.84. The molecule has 2 heterocycles. The van der Waals surface area contributed by atoms with Crippen molar-refractivity contribution in [1.29, 1.82) is 0 Å². The molecule has 1 saturated heterocycles. The van der Waals surface area contributed by atoms with Crippen LogP contribution in [0.3, 0.4) is 0 Å². The molecule has 0 radical (unpaired) electrons. The minimum atomic E-state index is -3.91. The second-order valence-electron chi connectivity index (χ2n) is 6.41. The molecule has 1 aromatic heterocycles. The number of aromatic nitrogens is 2. The maximum absolute atomic E-state index is 14.1. The lowest BCUT2D eigenvalue weighted by molar-refractivity contribution is 0.0939. The summed E-state index contributed by atoms with van der Waals surface area (Å²) >= 11 is 0. The zero-order valence-electron chi connectivity index (χ0n) is 14.9. The number of hydrogen-bond acceptors (Lipinski definition) is 4. The summed E-state index contributed by atoms with van der Waals surface area (Å²) in [6.07, 6.45) is 2.42. The first kappa shape index (κ1) is 18.5. The molecule has 7 nitrogen and oxygen atoms in total. The molecule has 0 bridgehead atoms. The van der Waals surface area contributed by atoms with Crippen LogP contribution in [0, 0.1) is 12.7 Å². The predicted molar refractivity (Wildman–Crippen MR) is 93.6 cm³/mol. The molecule has 140 valence electrons. The van der Waals surface area contributed by atoms with Crippen molar-refractivity contribution >= 4 is 15.9 Å². The van der Waals surface area contributed by atoms with Crippen LogP contribution >= 0.6 is 0 Å². The van der Waals surface area contributed by atoms with Gasteiger partial charge in [0.15, 0.2) is 0 Å². The molecule has 0 unspecified atom stereocenters. The Morgan fingerprint density at radius 2 is 2.04 bits per heavy atom. The van der Waals surface area contributed by atoms with Gasteiger partial charge in [-0.1, -0.05) is 0 Å². The van der Waals surface area contributed by atoms with E-state index in [4.69, 9.17) is 0 Å². The fraction of sp³-hybridized carbons (Fsp3) is 0.412. The first-order valence-electron chi connectivity index (χ1n) is 8.31. The second kappa shape index (κ2) is 6.81.